The highest BCUT2D eigenvalue weighted by Crippen LogP contribution is 2.27. The fraction of sp³-hybridized carbons (Fsp3) is 0.562. The smallest absolute Gasteiger partial charge is 0.227 e. The minimum Gasteiger partial charge on any atom is -0.397 e. The molecule has 1 saturated carbocycles. The highest BCUT2D eigenvalue weighted by atomic mass is 16.1. The molecule has 1 aromatic rings. The summed E-state index contributed by atoms with van der Waals surface area (Å²) < 4.78 is 0. The molecule has 0 unspecified atom stereocenters. The standard InChI is InChI=1S/C16H24N2O/c1-12-8-7-11-14(17)15(12)18-16(19)13-9-5-3-2-4-6-10-13/h7-8,11,13H,2-6,9-10,17H2,1H3,(H,18,19). The predicted molar refractivity (Wildman–Crippen MR) is 80.0 cm³/mol. The van der Waals surface area contributed by atoms with Crippen LogP contribution in [0, 0.1) is 12.8 Å². The summed E-state index contributed by atoms with van der Waals surface area (Å²) in [6, 6.07) is 5.72. The van der Waals surface area contributed by atoms with Gasteiger partial charge < -0.3 is 11.1 Å². The van der Waals surface area contributed by atoms with Crippen LogP contribution in [-0.4, -0.2) is 5.91 Å². The van der Waals surface area contributed by atoms with Gasteiger partial charge in [-0.2, -0.15) is 0 Å². The second-order valence-electron chi connectivity index (χ2n) is 5.57. The van der Waals surface area contributed by atoms with Gasteiger partial charge in [0.05, 0.1) is 11.4 Å². The van der Waals surface area contributed by atoms with Crippen LogP contribution in [-0.2, 0) is 4.79 Å². The molecular weight excluding hydrogens is 236 g/mol. The minimum atomic E-state index is 0.142. The van der Waals surface area contributed by atoms with Crippen LogP contribution in [0.4, 0.5) is 11.4 Å². The van der Waals surface area contributed by atoms with Crippen molar-refractivity contribution < 1.29 is 4.79 Å². The van der Waals surface area contributed by atoms with E-state index in [0.29, 0.717) is 5.69 Å². The Morgan fingerprint density at radius 3 is 2.42 bits per heavy atom. The van der Waals surface area contributed by atoms with E-state index < -0.39 is 0 Å². The fourth-order valence-corrected chi connectivity index (χ4v) is 2.80. The largest absolute Gasteiger partial charge is 0.397 e. The van der Waals surface area contributed by atoms with Gasteiger partial charge in [0, 0.05) is 5.92 Å². The van der Waals surface area contributed by atoms with E-state index in [2.05, 4.69) is 5.32 Å². The molecule has 0 saturated heterocycles. The molecule has 0 aliphatic heterocycles. The lowest BCUT2D eigenvalue weighted by Gasteiger charge is -2.20. The molecular formula is C16H24N2O. The van der Waals surface area contributed by atoms with Gasteiger partial charge in [0.2, 0.25) is 5.91 Å². The predicted octanol–water partition coefficient (Wildman–Crippen LogP) is 3.88. The highest BCUT2D eigenvalue weighted by Gasteiger charge is 2.20. The van der Waals surface area contributed by atoms with Crippen LogP contribution in [0.2, 0.25) is 0 Å². The first kappa shape index (κ1) is 13.9. The van der Waals surface area contributed by atoms with Crippen LogP contribution in [0.3, 0.4) is 0 Å². The molecule has 1 fully saturated rings. The van der Waals surface area contributed by atoms with Crippen molar-refractivity contribution in [2.45, 2.75) is 51.9 Å². The summed E-state index contributed by atoms with van der Waals surface area (Å²) in [5.41, 5.74) is 8.41. The van der Waals surface area contributed by atoms with Crippen molar-refractivity contribution in [2.75, 3.05) is 11.1 Å². The molecule has 19 heavy (non-hydrogen) atoms. The first-order chi connectivity index (χ1) is 9.18. The second kappa shape index (κ2) is 6.60. The zero-order valence-electron chi connectivity index (χ0n) is 11.7. The molecule has 0 spiro atoms. The van der Waals surface area contributed by atoms with Crippen molar-refractivity contribution in [3.63, 3.8) is 0 Å². The molecule has 0 radical (unpaired) electrons. The van der Waals surface area contributed by atoms with E-state index >= 15 is 0 Å². The van der Waals surface area contributed by atoms with Gasteiger partial charge >= 0.3 is 0 Å². The first-order valence-electron chi connectivity index (χ1n) is 7.34. The number of nitrogens with one attached hydrogen (secondary N) is 1. The van der Waals surface area contributed by atoms with E-state index in [-0.39, 0.29) is 11.8 Å². The van der Waals surface area contributed by atoms with Gasteiger partial charge in [-0.1, -0.05) is 44.2 Å². The molecule has 1 amide bonds. The van der Waals surface area contributed by atoms with Crippen LogP contribution in [0.15, 0.2) is 18.2 Å². The number of amides is 1. The van der Waals surface area contributed by atoms with E-state index in [1.54, 1.807) is 0 Å². The quantitative estimate of drug-likeness (QED) is 0.793. The van der Waals surface area contributed by atoms with Crippen LogP contribution >= 0.6 is 0 Å². The number of aryl methyl sites for hydroxylation is 1. The SMILES string of the molecule is Cc1cccc(N)c1NC(=O)C1CCCCCCC1. The summed E-state index contributed by atoms with van der Waals surface area (Å²) in [5, 5.41) is 3.03. The third-order valence-corrected chi connectivity index (χ3v) is 4.03. The van der Waals surface area contributed by atoms with Gasteiger partial charge in [-0.05, 0) is 31.4 Å². The number of hydrogen-bond acceptors (Lipinski definition) is 2. The molecule has 2 rings (SSSR count). The van der Waals surface area contributed by atoms with Crippen LogP contribution < -0.4 is 11.1 Å². The third kappa shape index (κ3) is 3.72. The molecule has 0 atom stereocenters. The maximum absolute atomic E-state index is 12.4. The summed E-state index contributed by atoms with van der Waals surface area (Å²) in [6.07, 6.45) is 8.20. The van der Waals surface area contributed by atoms with Crippen LogP contribution in [0.5, 0.6) is 0 Å². The average molecular weight is 260 g/mol. The summed E-state index contributed by atoms with van der Waals surface area (Å²) in [6.45, 7) is 1.98. The minimum absolute atomic E-state index is 0.142. The number of carbonyl (C=O) groups is 1. The second-order valence-corrected chi connectivity index (χ2v) is 5.57. The van der Waals surface area contributed by atoms with Crippen molar-refractivity contribution >= 4 is 17.3 Å². The fourth-order valence-electron chi connectivity index (χ4n) is 2.80. The molecule has 0 heterocycles. The highest BCUT2D eigenvalue weighted by molar-refractivity contribution is 5.96. The molecule has 0 aromatic heterocycles. The van der Waals surface area contributed by atoms with Crippen molar-refractivity contribution in [1.29, 1.82) is 0 Å². The molecule has 0 bridgehead atoms. The summed E-state index contributed by atoms with van der Waals surface area (Å²) >= 11 is 0. The molecule has 1 aromatic carbocycles. The van der Waals surface area contributed by atoms with Gasteiger partial charge in [-0.25, -0.2) is 0 Å². The molecule has 3 nitrogen and oxygen atoms in total. The molecule has 3 N–H and O–H groups in total. The lowest BCUT2D eigenvalue weighted by molar-refractivity contribution is -0.120. The first-order valence-corrected chi connectivity index (χ1v) is 7.34. The van der Waals surface area contributed by atoms with E-state index in [0.717, 1.165) is 24.1 Å². The number of carbonyl (C=O) groups excluding carboxylic acids is 1. The molecule has 1 aliphatic carbocycles. The number of benzene rings is 1. The Bertz CT molecular complexity index is 414. The van der Waals surface area contributed by atoms with E-state index in [1.807, 2.05) is 25.1 Å². The monoisotopic (exact) mass is 260 g/mol. The van der Waals surface area contributed by atoms with Crippen molar-refractivity contribution in [1.82, 2.24) is 0 Å². The summed E-state index contributed by atoms with van der Waals surface area (Å²) in [7, 11) is 0. The Balaban J connectivity index is 2.03. The van der Waals surface area contributed by atoms with Gasteiger partial charge in [-0.15, -0.1) is 0 Å². The van der Waals surface area contributed by atoms with Crippen LogP contribution in [0.1, 0.15) is 50.5 Å². The van der Waals surface area contributed by atoms with Crippen molar-refractivity contribution in [3.8, 4) is 0 Å². The Hall–Kier alpha value is -1.51. The maximum Gasteiger partial charge on any atom is 0.227 e. The number of nitrogens with two attached hydrogens (primary N) is 1. The number of anilines is 2. The Morgan fingerprint density at radius 2 is 1.79 bits per heavy atom. The zero-order chi connectivity index (χ0) is 13.7. The van der Waals surface area contributed by atoms with E-state index in [9.17, 15) is 4.79 Å². The van der Waals surface area contributed by atoms with E-state index in [4.69, 9.17) is 5.73 Å². The number of para-hydroxylation sites is 1. The summed E-state index contributed by atoms with van der Waals surface area (Å²) in [4.78, 5) is 12.4. The van der Waals surface area contributed by atoms with Crippen LogP contribution in [0.25, 0.3) is 0 Å². The molecule has 104 valence electrons. The summed E-state index contributed by atoms with van der Waals surface area (Å²) in [5.74, 6) is 0.294. The van der Waals surface area contributed by atoms with Gasteiger partial charge in [0.1, 0.15) is 0 Å². The normalized spacial score (nSPS) is 17.5. The average Bonchev–Trinajstić information content (AvgIpc) is 2.33. The lowest BCUT2D eigenvalue weighted by atomic mass is 9.90. The van der Waals surface area contributed by atoms with Gasteiger partial charge in [0.15, 0.2) is 0 Å². The zero-order valence-corrected chi connectivity index (χ0v) is 11.7. The number of rotatable bonds is 2. The van der Waals surface area contributed by atoms with E-state index in [1.165, 1.54) is 32.1 Å². The molecule has 3 heteroatoms. The third-order valence-electron chi connectivity index (χ3n) is 4.03. The number of hydrogen-bond donors (Lipinski definition) is 2. The van der Waals surface area contributed by atoms with Crippen molar-refractivity contribution in [3.05, 3.63) is 23.8 Å². The van der Waals surface area contributed by atoms with Crippen molar-refractivity contribution in [2.24, 2.45) is 5.92 Å². The Labute approximate surface area is 115 Å². The Morgan fingerprint density at radius 1 is 1.16 bits per heavy atom. The van der Waals surface area contributed by atoms with Gasteiger partial charge in [-0.3, -0.25) is 4.79 Å². The maximum atomic E-state index is 12.4. The molecule has 1 aliphatic rings. The number of nitrogen functional groups attached to an aromatic ring is 1. The lowest BCUT2D eigenvalue weighted by Crippen LogP contribution is -2.24. The van der Waals surface area contributed by atoms with Gasteiger partial charge in [0.25, 0.3) is 0 Å². The topological polar surface area (TPSA) is 55.1 Å². The Kier molecular flexibility index (Phi) is 4.83.